The van der Waals surface area contributed by atoms with Gasteiger partial charge in [-0.1, -0.05) is 6.07 Å². The van der Waals surface area contributed by atoms with Gasteiger partial charge in [0.05, 0.1) is 23.6 Å². The molecule has 0 aliphatic carbocycles. The molecule has 1 saturated heterocycles. The summed E-state index contributed by atoms with van der Waals surface area (Å²) < 4.78 is 5.33. The van der Waals surface area contributed by atoms with Crippen molar-refractivity contribution in [2.24, 2.45) is 0 Å². The maximum Gasteiger partial charge on any atom is 0.295 e. The van der Waals surface area contributed by atoms with Gasteiger partial charge in [0.15, 0.2) is 0 Å². The second kappa shape index (κ2) is 9.57. The van der Waals surface area contributed by atoms with Crippen molar-refractivity contribution in [3.63, 3.8) is 0 Å². The van der Waals surface area contributed by atoms with Crippen LogP contribution in [0.2, 0.25) is 0 Å². The molecule has 10 nitrogen and oxygen atoms in total. The number of carbonyl (C=O) groups excluding carboxylic acids is 2. The fourth-order valence-corrected chi connectivity index (χ4v) is 4.62. The summed E-state index contributed by atoms with van der Waals surface area (Å²) in [6.07, 6.45) is 5.42. The Morgan fingerprint density at radius 3 is 2.65 bits per heavy atom. The van der Waals surface area contributed by atoms with Crippen LogP contribution >= 0.6 is 0 Å². The molecule has 1 amide bonds. The van der Waals surface area contributed by atoms with Crippen LogP contribution in [0.3, 0.4) is 0 Å². The predicted octanol–water partition coefficient (Wildman–Crippen LogP) is 4.14. The van der Waals surface area contributed by atoms with E-state index in [-0.39, 0.29) is 23.4 Å². The molecule has 1 aliphatic heterocycles. The number of hydrogen-bond donors (Lipinski definition) is 2. The second-order valence-corrected chi connectivity index (χ2v) is 8.56. The van der Waals surface area contributed by atoms with Crippen molar-refractivity contribution in [1.82, 2.24) is 14.9 Å². The fourth-order valence-electron chi connectivity index (χ4n) is 4.62. The third-order valence-electron chi connectivity index (χ3n) is 6.49. The first-order chi connectivity index (χ1) is 17.9. The molecule has 5 rings (SSSR count). The highest BCUT2D eigenvalue weighted by Gasteiger charge is 2.46. The van der Waals surface area contributed by atoms with E-state index in [0.29, 0.717) is 17.7 Å². The summed E-state index contributed by atoms with van der Waals surface area (Å²) in [6, 6.07) is 13.4. The normalized spacial score (nSPS) is 16.9. The molecule has 37 heavy (non-hydrogen) atoms. The van der Waals surface area contributed by atoms with E-state index >= 15 is 0 Å². The number of ether oxygens (including phenoxy) is 1. The zero-order chi connectivity index (χ0) is 26.1. The third-order valence-corrected chi connectivity index (χ3v) is 6.49. The van der Waals surface area contributed by atoms with E-state index in [1.54, 1.807) is 31.6 Å². The molecule has 3 heterocycles. The zero-order valence-electron chi connectivity index (χ0n) is 19.7. The molecule has 0 radical (unpaired) electrons. The molecule has 0 spiro atoms. The zero-order valence-corrected chi connectivity index (χ0v) is 19.7. The Morgan fingerprint density at radius 2 is 1.97 bits per heavy atom. The third kappa shape index (κ3) is 4.29. The lowest BCUT2D eigenvalue weighted by atomic mass is 9.96. The van der Waals surface area contributed by atoms with E-state index in [4.69, 9.17) is 4.74 Å². The Hall–Kier alpha value is -4.99. The van der Waals surface area contributed by atoms with Gasteiger partial charge in [0.25, 0.3) is 17.4 Å². The molecule has 0 saturated carbocycles. The number of aliphatic hydroxyl groups is 1. The van der Waals surface area contributed by atoms with Gasteiger partial charge in [-0.15, -0.1) is 0 Å². The fraction of sp³-hybridized carbons (Fsp3) is 0.148. The summed E-state index contributed by atoms with van der Waals surface area (Å²) >= 11 is 0. The summed E-state index contributed by atoms with van der Waals surface area (Å²) in [5, 5.41) is 23.1. The Kier molecular flexibility index (Phi) is 6.14. The quantitative estimate of drug-likeness (QED) is 0.128. The van der Waals surface area contributed by atoms with Crippen LogP contribution in [0, 0.1) is 10.1 Å². The average molecular weight is 498 g/mol. The number of nitro groups is 1. The summed E-state index contributed by atoms with van der Waals surface area (Å²) in [4.78, 5) is 45.6. The van der Waals surface area contributed by atoms with Gasteiger partial charge >= 0.3 is 0 Å². The van der Waals surface area contributed by atoms with Gasteiger partial charge in [-0.05, 0) is 53.9 Å². The van der Waals surface area contributed by atoms with Crippen LogP contribution in [0.15, 0.2) is 78.8 Å². The molecule has 186 valence electrons. The first-order valence-electron chi connectivity index (χ1n) is 11.5. The topological polar surface area (TPSA) is 139 Å². The number of H-pyrrole nitrogens is 1. The molecule has 0 bridgehead atoms. The standard InChI is InChI=1S/C27H22N4O6/c1-37-20-8-9-22-21(13-20)17(15-29-22)10-12-30-24(18-3-2-11-28-14-18)23(26(33)27(30)34)25(32)16-4-6-19(7-5-16)31(35)36/h2-9,11,13-15,24,29,32H,10,12H2,1H3/t24-/m1/s1. The molecule has 2 N–H and O–H groups in total. The maximum absolute atomic E-state index is 13.2. The molecule has 2 aromatic carbocycles. The van der Waals surface area contributed by atoms with Crippen molar-refractivity contribution in [2.75, 3.05) is 13.7 Å². The number of aliphatic hydroxyl groups excluding tert-OH is 1. The Morgan fingerprint density at radius 1 is 1.19 bits per heavy atom. The predicted molar refractivity (Wildman–Crippen MR) is 135 cm³/mol. The van der Waals surface area contributed by atoms with E-state index in [1.807, 2.05) is 24.4 Å². The first-order valence-corrected chi connectivity index (χ1v) is 11.5. The van der Waals surface area contributed by atoms with Crippen molar-refractivity contribution >= 4 is 34.0 Å². The summed E-state index contributed by atoms with van der Waals surface area (Å²) in [5.41, 5.74) is 2.37. The van der Waals surface area contributed by atoms with Gasteiger partial charge < -0.3 is 19.7 Å². The van der Waals surface area contributed by atoms with E-state index in [1.165, 1.54) is 29.2 Å². The van der Waals surface area contributed by atoms with Crippen LogP contribution in [-0.2, 0) is 16.0 Å². The molecule has 1 atom stereocenters. The van der Waals surface area contributed by atoms with E-state index in [0.717, 1.165) is 16.5 Å². The van der Waals surface area contributed by atoms with Crippen LogP contribution in [0.5, 0.6) is 5.75 Å². The lowest BCUT2D eigenvalue weighted by molar-refractivity contribution is -0.384. The highest BCUT2D eigenvalue weighted by atomic mass is 16.6. The van der Waals surface area contributed by atoms with Crippen LogP contribution in [0.1, 0.15) is 22.7 Å². The van der Waals surface area contributed by atoms with Crippen molar-refractivity contribution in [3.8, 4) is 5.75 Å². The number of aromatic amines is 1. The Labute approximate surface area is 211 Å². The molecule has 2 aromatic heterocycles. The largest absolute Gasteiger partial charge is 0.507 e. The number of ketones is 1. The Bertz CT molecular complexity index is 1540. The molecule has 1 aliphatic rings. The first kappa shape index (κ1) is 23.7. The number of methoxy groups -OCH3 is 1. The van der Waals surface area contributed by atoms with Crippen LogP contribution < -0.4 is 4.74 Å². The number of amides is 1. The number of rotatable bonds is 7. The van der Waals surface area contributed by atoms with Crippen molar-refractivity contribution in [2.45, 2.75) is 12.5 Å². The van der Waals surface area contributed by atoms with Crippen molar-refractivity contribution in [3.05, 3.63) is 106 Å². The molecule has 4 aromatic rings. The summed E-state index contributed by atoms with van der Waals surface area (Å²) in [7, 11) is 1.59. The molecule has 1 fully saturated rings. The minimum Gasteiger partial charge on any atom is -0.507 e. The minimum atomic E-state index is -0.872. The molecule has 0 unspecified atom stereocenters. The van der Waals surface area contributed by atoms with E-state index in [9.17, 15) is 24.8 Å². The summed E-state index contributed by atoms with van der Waals surface area (Å²) in [6.45, 7) is 0.200. The van der Waals surface area contributed by atoms with Gasteiger partial charge in [-0.2, -0.15) is 0 Å². The number of nitrogens with zero attached hydrogens (tertiary/aromatic N) is 3. The average Bonchev–Trinajstić information content (AvgIpc) is 3.44. The van der Waals surface area contributed by atoms with Crippen LogP contribution in [0.4, 0.5) is 5.69 Å². The number of fused-ring (bicyclic) bond motifs is 1. The second-order valence-electron chi connectivity index (χ2n) is 8.56. The highest BCUT2D eigenvalue weighted by molar-refractivity contribution is 6.46. The van der Waals surface area contributed by atoms with Crippen molar-refractivity contribution < 1.29 is 24.4 Å². The van der Waals surface area contributed by atoms with E-state index < -0.39 is 28.4 Å². The smallest absolute Gasteiger partial charge is 0.295 e. The summed E-state index contributed by atoms with van der Waals surface area (Å²) in [5.74, 6) is -1.27. The van der Waals surface area contributed by atoms with Crippen molar-refractivity contribution in [1.29, 1.82) is 0 Å². The number of aromatic nitrogens is 2. The monoisotopic (exact) mass is 498 g/mol. The molecular weight excluding hydrogens is 476 g/mol. The number of benzene rings is 2. The SMILES string of the molecule is COc1ccc2[nH]cc(CCN3C(=O)C(=O)C(=C(O)c4ccc([N+](=O)[O-])cc4)[C@H]3c3cccnc3)c2c1. The molecular formula is C27H22N4O6. The molecule has 10 heteroatoms. The van der Waals surface area contributed by atoms with Gasteiger partial charge in [0.2, 0.25) is 0 Å². The minimum absolute atomic E-state index is 0.0903. The number of likely N-dealkylation sites (tertiary alicyclic amines) is 1. The van der Waals surface area contributed by atoms with Gasteiger partial charge in [0, 0.05) is 53.7 Å². The number of pyridine rings is 1. The number of non-ortho nitro benzene ring substituents is 1. The Balaban J connectivity index is 1.53. The lowest BCUT2D eigenvalue weighted by Gasteiger charge is -2.25. The van der Waals surface area contributed by atoms with Gasteiger partial charge in [0.1, 0.15) is 11.5 Å². The highest BCUT2D eigenvalue weighted by Crippen LogP contribution is 2.39. The lowest BCUT2D eigenvalue weighted by Crippen LogP contribution is -2.31. The number of nitrogens with one attached hydrogen (secondary N) is 1. The van der Waals surface area contributed by atoms with Gasteiger partial charge in [-0.25, -0.2) is 0 Å². The van der Waals surface area contributed by atoms with Crippen LogP contribution in [-0.4, -0.2) is 50.2 Å². The number of Topliss-reactive ketones (excluding diaryl/α,β-unsaturated/α-hetero) is 1. The van der Waals surface area contributed by atoms with Gasteiger partial charge in [-0.3, -0.25) is 24.7 Å². The maximum atomic E-state index is 13.2. The number of carbonyl (C=O) groups is 2. The number of nitro benzene ring substituents is 1. The number of hydrogen-bond acceptors (Lipinski definition) is 7. The van der Waals surface area contributed by atoms with Crippen LogP contribution in [0.25, 0.3) is 16.7 Å². The van der Waals surface area contributed by atoms with E-state index in [2.05, 4.69) is 9.97 Å².